The molecule has 138 valence electrons. The van der Waals surface area contributed by atoms with Gasteiger partial charge in [0.25, 0.3) is 5.91 Å². The van der Waals surface area contributed by atoms with E-state index < -0.39 is 5.72 Å². The second kappa shape index (κ2) is 6.59. The number of rotatable bonds is 4. The minimum absolute atomic E-state index is 0.211. The van der Waals surface area contributed by atoms with E-state index in [4.69, 9.17) is 9.57 Å². The maximum atomic E-state index is 12.9. The number of carbonyl (C=O) groups excluding carboxylic acids is 1. The molecule has 1 N–H and O–H groups in total. The predicted molar refractivity (Wildman–Crippen MR) is 106 cm³/mol. The maximum absolute atomic E-state index is 12.9. The number of fused-ring (bicyclic) bond motifs is 1. The molecule has 27 heavy (non-hydrogen) atoms. The summed E-state index contributed by atoms with van der Waals surface area (Å²) < 4.78 is 6.50. The van der Waals surface area contributed by atoms with Gasteiger partial charge in [0.15, 0.2) is 0 Å². The summed E-state index contributed by atoms with van der Waals surface area (Å²) in [6, 6.07) is 17.3. The van der Waals surface area contributed by atoms with Crippen LogP contribution < -0.4 is 10.2 Å². The fraction of sp³-hybridized carbons (Fsp3) is 0.200. The Hall–Kier alpha value is -3.06. The fourth-order valence-electron chi connectivity index (χ4n) is 2.93. The number of amidine groups is 1. The third-order valence-corrected chi connectivity index (χ3v) is 5.43. The molecule has 4 rings (SSSR count). The van der Waals surface area contributed by atoms with Gasteiger partial charge in [-0.25, -0.2) is 5.01 Å². The monoisotopic (exact) mass is 381 g/mol. The summed E-state index contributed by atoms with van der Waals surface area (Å²) in [7, 11) is 1.60. The van der Waals surface area contributed by atoms with Crippen molar-refractivity contribution in [2.75, 3.05) is 7.11 Å². The number of hydrogen-bond donors (Lipinski definition) is 1. The van der Waals surface area contributed by atoms with Gasteiger partial charge in [0, 0.05) is 4.70 Å². The zero-order valence-electron chi connectivity index (χ0n) is 15.2. The maximum Gasteiger partial charge on any atom is 0.280 e. The van der Waals surface area contributed by atoms with Gasteiger partial charge in [-0.1, -0.05) is 35.5 Å². The quantitative estimate of drug-likeness (QED) is 0.742. The Kier molecular flexibility index (Phi) is 4.24. The van der Waals surface area contributed by atoms with Crippen molar-refractivity contribution >= 4 is 33.2 Å². The van der Waals surface area contributed by atoms with Gasteiger partial charge in [0.2, 0.25) is 11.6 Å². The number of thiophene rings is 1. The number of methoxy groups -OCH3 is 1. The van der Waals surface area contributed by atoms with Crippen LogP contribution in [0.5, 0.6) is 5.75 Å². The van der Waals surface area contributed by atoms with E-state index in [1.807, 2.05) is 68.4 Å². The molecule has 1 aliphatic heterocycles. The molecule has 0 saturated heterocycles. The number of benzene rings is 2. The topological polar surface area (TPSA) is 63.2 Å². The second-order valence-corrected chi connectivity index (χ2v) is 7.66. The molecule has 0 unspecified atom stereocenters. The van der Waals surface area contributed by atoms with Crippen molar-refractivity contribution < 1.29 is 14.4 Å². The van der Waals surface area contributed by atoms with Crippen molar-refractivity contribution in [3.8, 4) is 5.75 Å². The largest absolute Gasteiger partial charge is 0.496 e. The first kappa shape index (κ1) is 17.4. The van der Waals surface area contributed by atoms with Gasteiger partial charge >= 0.3 is 0 Å². The normalized spacial score (nSPS) is 15.4. The van der Waals surface area contributed by atoms with E-state index in [2.05, 4.69) is 10.6 Å². The van der Waals surface area contributed by atoms with Crippen LogP contribution in [0.2, 0.25) is 0 Å². The Morgan fingerprint density at radius 2 is 1.93 bits per heavy atom. The van der Waals surface area contributed by atoms with Crippen LogP contribution >= 0.6 is 11.3 Å². The Morgan fingerprint density at radius 3 is 2.70 bits per heavy atom. The number of hydrogen-bond acceptors (Lipinski definition) is 6. The van der Waals surface area contributed by atoms with Crippen LogP contribution in [0.3, 0.4) is 0 Å². The summed E-state index contributed by atoms with van der Waals surface area (Å²) >= 11 is 1.45. The number of nitrogens with zero attached hydrogens (tertiary/aromatic N) is 2. The molecule has 0 radical (unpaired) electrons. The van der Waals surface area contributed by atoms with Crippen molar-refractivity contribution in [1.29, 1.82) is 0 Å². The average Bonchev–Trinajstić information content (AvgIpc) is 3.23. The number of para-hydroxylation sites is 1. The predicted octanol–water partition coefficient (Wildman–Crippen LogP) is 3.98. The Balaban J connectivity index is 1.65. The fourth-order valence-corrected chi connectivity index (χ4v) is 3.88. The van der Waals surface area contributed by atoms with Gasteiger partial charge in [-0.05, 0) is 43.5 Å². The summed E-state index contributed by atoms with van der Waals surface area (Å²) in [6.07, 6.45) is 0. The number of amides is 1. The SMILES string of the molecule is COc1ccccc1C1=NOC(C)(C)N1NC(=O)c1cc2ccccc2s1. The molecule has 1 aromatic heterocycles. The lowest BCUT2D eigenvalue weighted by Crippen LogP contribution is -2.54. The molecule has 1 amide bonds. The summed E-state index contributed by atoms with van der Waals surface area (Å²) in [5.74, 6) is 0.933. The zero-order chi connectivity index (χ0) is 19.0. The molecule has 0 aliphatic carbocycles. The van der Waals surface area contributed by atoms with E-state index in [-0.39, 0.29) is 5.91 Å². The van der Waals surface area contributed by atoms with Crippen LogP contribution in [0.1, 0.15) is 29.1 Å². The number of ether oxygens (including phenoxy) is 1. The first-order valence-electron chi connectivity index (χ1n) is 8.49. The van der Waals surface area contributed by atoms with E-state index >= 15 is 0 Å². The summed E-state index contributed by atoms with van der Waals surface area (Å²) in [6.45, 7) is 3.67. The van der Waals surface area contributed by atoms with Gasteiger partial charge in [0.05, 0.1) is 17.6 Å². The van der Waals surface area contributed by atoms with Gasteiger partial charge in [0.1, 0.15) is 5.75 Å². The van der Waals surface area contributed by atoms with E-state index in [1.165, 1.54) is 11.3 Å². The highest BCUT2D eigenvalue weighted by Gasteiger charge is 2.40. The Labute approximate surface area is 161 Å². The molecule has 0 spiro atoms. The molecular formula is C20H19N3O3S. The highest BCUT2D eigenvalue weighted by atomic mass is 32.1. The van der Waals surface area contributed by atoms with Crippen molar-refractivity contribution in [1.82, 2.24) is 10.4 Å². The molecule has 0 fully saturated rings. The van der Waals surface area contributed by atoms with Crippen LogP contribution in [-0.2, 0) is 4.84 Å². The molecule has 2 heterocycles. The smallest absolute Gasteiger partial charge is 0.280 e. The van der Waals surface area contributed by atoms with Crippen molar-refractivity contribution in [3.63, 3.8) is 0 Å². The highest BCUT2D eigenvalue weighted by Crippen LogP contribution is 2.30. The number of oxime groups is 1. The lowest BCUT2D eigenvalue weighted by Gasteiger charge is -2.31. The molecule has 3 aromatic rings. The van der Waals surface area contributed by atoms with Crippen LogP contribution in [0.4, 0.5) is 0 Å². The third kappa shape index (κ3) is 3.10. The lowest BCUT2D eigenvalue weighted by molar-refractivity contribution is -0.0823. The molecule has 7 heteroatoms. The first-order valence-corrected chi connectivity index (χ1v) is 9.30. The van der Waals surface area contributed by atoms with Crippen LogP contribution in [-0.4, -0.2) is 29.6 Å². The summed E-state index contributed by atoms with van der Waals surface area (Å²) in [4.78, 5) is 19.1. The molecule has 0 saturated carbocycles. The second-order valence-electron chi connectivity index (χ2n) is 6.58. The Bertz CT molecular complexity index is 1010. The van der Waals surface area contributed by atoms with Gasteiger partial charge in [-0.15, -0.1) is 11.3 Å². The van der Waals surface area contributed by atoms with Gasteiger partial charge < -0.3 is 9.57 Å². The zero-order valence-corrected chi connectivity index (χ0v) is 16.0. The molecule has 6 nitrogen and oxygen atoms in total. The summed E-state index contributed by atoms with van der Waals surface area (Å²) in [5, 5.41) is 6.87. The van der Waals surface area contributed by atoms with Crippen LogP contribution in [0, 0.1) is 0 Å². The minimum atomic E-state index is -0.831. The number of hydrazine groups is 1. The van der Waals surface area contributed by atoms with Crippen molar-refractivity contribution in [2.24, 2.45) is 5.16 Å². The molecule has 0 atom stereocenters. The van der Waals surface area contributed by atoms with E-state index in [1.54, 1.807) is 12.1 Å². The minimum Gasteiger partial charge on any atom is -0.496 e. The van der Waals surface area contributed by atoms with Gasteiger partial charge in [-0.3, -0.25) is 10.2 Å². The van der Waals surface area contributed by atoms with E-state index in [9.17, 15) is 4.79 Å². The average molecular weight is 381 g/mol. The Morgan fingerprint density at radius 1 is 1.19 bits per heavy atom. The summed E-state index contributed by atoms with van der Waals surface area (Å²) in [5.41, 5.74) is 2.85. The lowest BCUT2D eigenvalue weighted by atomic mass is 10.1. The van der Waals surface area contributed by atoms with Crippen LogP contribution in [0.15, 0.2) is 59.8 Å². The standard InChI is InChI=1S/C20H19N3O3S/c1-20(2)23(18(22-26-20)14-9-5-6-10-15(14)25-3)21-19(24)17-12-13-8-4-7-11-16(13)27-17/h4-12H,1-3H3,(H,21,24). The molecule has 2 aromatic carbocycles. The third-order valence-electron chi connectivity index (χ3n) is 4.32. The number of nitrogens with one attached hydrogen (secondary N) is 1. The molecule has 1 aliphatic rings. The van der Waals surface area contributed by atoms with Crippen LogP contribution in [0.25, 0.3) is 10.1 Å². The first-order chi connectivity index (χ1) is 13.0. The van der Waals surface area contributed by atoms with E-state index in [0.717, 1.165) is 15.6 Å². The van der Waals surface area contributed by atoms with Crippen molar-refractivity contribution in [2.45, 2.75) is 19.6 Å². The number of carbonyl (C=O) groups is 1. The molecular weight excluding hydrogens is 362 g/mol. The van der Waals surface area contributed by atoms with E-state index in [0.29, 0.717) is 16.5 Å². The molecule has 0 bridgehead atoms. The van der Waals surface area contributed by atoms with Crippen molar-refractivity contribution in [3.05, 3.63) is 65.0 Å². The van der Waals surface area contributed by atoms with Gasteiger partial charge in [-0.2, -0.15) is 0 Å². The highest BCUT2D eigenvalue weighted by molar-refractivity contribution is 7.20.